The first-order valence-corrected chi connectivity index (χ1v) is 11.3. The van der Waals surface area contributed by atoms with Crippen molar-refractivity contribution in [3.8, 4) is 11.3 Å². The fourth-order valence-electron chi connectivity index (χ4n) is 4.51. The molecule has 5 heteroatoms. The number of nitrogens with zero attached hydrogens (tertiary/aromatic N) is 4. The predicted octanol–water partition coefficient (Wildman–Crippen LogP) is 5.36. The van der Waals surface area contributed by atoms with Gasteiger partial charge in [-0.15, -0.1) is 0 Å². The van der Waals surface area contributed by atoms with Crippen molar-refractivity contribution < 1.29 is 4.79 Å². The SMILES string of the molecule is Cc1ncc(-c2ccc3cnc(CC(=O)c4cccc(N5CCCCC5)c4)cc3c2)n1C. The first-order valence-electron chi connectivity index (χ1n) is 11.3. The van der Waals surface area contributed by atoms with E-state index in [1.807, 2.05) is 50.6 Å². The molecule has 0 bridgehead atoms. The lowest BCUT2D eigenvalue weighted by atomic mass is 10.0. The molecule has 0 N–H and O–H groups in total. The highest BCUT2D eigenvalue weighted by Gasteiger charge is 2.14. The fraction of sp³-hybridized carbons (Fsp3) is 0.296. The Kier molecular flexibility index (Phi) is 5.48. The Labute approximate surface area is 188 Å². The Hall–Kier alpha value is -3.47. The van der Waals surface area contributed by atoms with Gasteiger partial charge in [-0.05, 0) is 55.8 Å². The Morgan fingerprint density at radius 1 is 0.938 bits per heavy atom. The molecule has 2 aromatic heterocycles. The second kappa shape index (κ2) is 8.58. The molecule has 3 heterocycles. The van der Waals surface area contributed by atoms with E-state index in [1.54, 1.807) is 0 Å². The number of imidazole rings is 1. The third kappa shape index (κ3) is 4.03. The van der Waals surface area contributed by atoms with Gasteiger partial charge in [0.05, 0.1) is 18.3 Å². The smallest absolute Gasteiger partial charge is 0.168 e. The van der Waals surface area contributed by atoms with Crippen LogP contribution in [0.5, 0.6) is 0 Å². The van der Waals surface area contributed by atoms with E-state index in [0.29, 0.717) is 6.42 Å². The van der Waals surface area contributed by atoms with Crippen LogP contribution >= 0.6 is 0 Å². The lowest BCUT2D eigenvalue weighted by Gasteiger charge is -2.29. The zero-order chi connectivity index (χ0) is 22.1. The Morgan fingerprint density at radius 2 is 1.78 bits per heavy atom. The van der Waals surface area contributed by atoms with Crippen LogP contribution in [0.4, 0.5) is 5.69 Å². The highest BCUT2D eigenvalue weighted by atomic mass is 16.1. The molecule has 0 atom stereocenters. The minimum Gasteiger partial charge on any atom is -0.372 e. The zero-order valence-electron chi connectivity index (χ0n) is 18.7. The molecule has 1 aliphatic rings. The van der Waals surface area contributed by atoms with E-state index in [2.05, 4.69) is 43.7 Å². The number of benzene rings is 2. The van der Waals surface area contributed by atoms with Gasteiger partial charge in [0.25, 0.3) is 0 Å². The molecule has 0 saturated carbocycles. The maximum Gasteiger partial charge on any atom is 0.168 e. The van der Waals surface area contributed by atoms with Crippen molar-refractivity contribution >= 4 is 22.2 Å². The van der Waals surface area contributed by atoms with Crippen molar-refractivity contribution in [2.45, 2.75) is 32.6 Å². The average molecular weight is 425 g/mol. The van der Waals surface area contributed by atoms with Gasteiger partial charge in [0.2, 0.25) is 0 Å². The number of anilines is 1. The van der Waals surface area contributed by atoms with E-state index in [4.69, 9.17) is 0 Å². The number of rotatable bonds is 5. The van der Waals surface area contributed by atoms with E-state index in [0.717, 1.165) is 57.9 Å². The molecule has 0 spiro atoms. The third-order valence-electron chi connectivity index (χ3n) is 6.53. The minimum absolute atomic E-state index is 0.106. The molecule has 2 aromatic carbocycles. The summed E-state index contributed by atoms with van der Waals surface area (Å²) in [5.41, 5.74) is 4.89. The molecule has 4 aromatic rings. The van der Waals surface area contributed by atoms with Gasteiger partial charge in [-0.1, -0.05) is 24.3 Å². The number of aromatic nitrogens is 3. The molecule has 5 nitrogen and oxygen atoms in total. The maximum atomic E-state index is 13.1. The number of aryl methyl sites for hydroxylation is 1. The number of hydrogen-bond donors (Lipinski definition) is 0. The third-order valence-corrected chi connectivity index (χ3v) is 6.53. The molecule has 1 fully saturated rings. The van der Waals surface area contributed by atoms with Gasteiger partial charge in [0.1, 0.15) is 5.82 Å². The number of fused-ring (bicyclic) bond motifs is 1. The average Bonchev–Trinajstić information content (AvgIpc) is 3.17. The molecule has 0 amide bonds. The first-order chi connectivity index (χ1) is 15.6. The molecule has 32 heavy (non-hydrogen) atoms. The zero-order valence-corrected chi connectivity index (χ0v) is 18.7. The summed E-state index contributed by atoms with van der Waals surface area (Å²) in [5.74, 6) is 1.09. The molecular weight excluding hydrogens is 396 g/mol. The van der Waals surface area contributed by atoms with Gasteiger partial charge < -0.3 is 9.47 Å². The summed E-state index contributed by atoms with van der Waals surface area (Å²) in [7, 11) is 2.02. The standard InChI is InChI=1S/C27H28N4O/c1-19-28-18-26(30(19)2)20-9-10-22-17-29-24(14-23(22)13-20)16-27(32)21-7-6-8-25(15-21)31-11-4-3-5-12-31/h6-10,13-15,17-18H,3-5,11-12,16H2,1-2H3. The van der Waals surface area contributed by atoms with Crippen molar-refractivity contribution in [2.24, 2.45) is 7.05 Å². The van der Waals surface area contributed by atoms with Gasteiger partial charge in [-0.25, -0.2) is 4.98 Å². The number of Topliss-reactive ketones (excluding diaryl/α,β-unsaturated/α-hetero) is 1. The second-order valence-corrected chi connectivity index (χ2v) is 8.69. The Bertz CT molecular complexity index is 1280. The van der Waals surface area contributed by atoms with E-state index in [1.165, 1.54) is 19.3 Å². The summed E-state index contributed by atoms with van der Waals surface area (Å²) in [6.07, 6.45) is 7.80. The van der Waals surface area contributed by atoms with Crippen LogP contribution < -0.4 is 4.90 Å². The summed E-state index contributed by atoms with van der Waals surface area (Å²) >= 11 is 0. The number of hydrogen-bond acceptors (Lipinski definition) is 4. The molecular formula is C27H28N4O. The number of carbonyl (C=O) groups is 1. The molecule has 0 aliphatic carbocycles. The predicted molar refractivity (Wildman–Crippen MR) is 129 cm³/mol. The number of piperidine rings is 1. The van der Waals surface area contributed by atoms with Crippen LogP contribution in [0, 0.1) is 6.92 Å². The molecule has 162 valence electrons. The van der Waals surface area contributed by atoms with Crippen molar-refractivity contribution in [3.63, 3.8) is 0 Å². The molecule has 1 aliphatic heterocycles. The maximum absolute atomic E-state index is 13.1. The van der Waals surface area contributed by atoms with Crippen molar-refractivity contribution in [2.75, 3.05) is 18.0 Å². The Balaban J connectivity index is 1.39. The lowest BCUT2D eigenvalue weighted by Crippen LogP contribution is -2.29. The fourth-order valence-corrected chi connectivity index (χ4v) is 4.51. The van der Waals surface area contributed by atoms with Gasteiger partial charge in [0.15, 0.2) is 5.78 Å². The lowest BCUT2D eigenvalue weighted by molar-refractivity contribution is 0.0992. The highest BCUT2D eigenvalue weighted by molar-refractivity contribution is 5.98. The van der Waals surface area contributed by atoms with Crippen molar-refractivity contribution in [1.82, 2.24) is 14.5 Å². The molecule has 0 unspecified atom stereocenters. The molecule has 5 rings (SSSR count). The normalized spacial score (nSPS) is 14.1. The summed E-state index contributed by atoms with van der Waals surface area (Å²) < 4.78 is 2.09. The number of ketones is 1. The van der Waals surface area contributed by atoms with E-state index >= 15 is 0 Å². The molecule has 1 saturated heterocycles. The van der Waals surface area contributed by atoms with Gasteiger partial charge >= 0.3 is 0 Å². The topological polar surface area (TPSA) is 51.0 Å². The van der Waals surface area contributed by atoms with E-state index < -0.39 is 0 Å². The minimum atomic E-state index is 0.106. The first kappa shape index (κ1) is 20.4. The quantitative estimate of drug-likeness (QED) is 0.405. The summed E-state index contributed by atoms with van der Waals surface area (Å²) in [4.78, 5) is 24.4. The Morgan fingerprint density at radius 3 is 2.56 bits per heavy atom. The number of carbonyl (C=O) groups excluding carboxylic acids is 1. The van der Waals surface area contributed by atoms with Crippen LogP contribution in [0.15, 0.2) is 60.9 Å². The van der Waals surface area contributed by atoms with Gasteiger partial charge in [-0.3, -0.25) is 9.78 Å². The van der Waals surface area contributed by atoms with Crippen LogP contribution in [0.25, 0.3) is 22.0 Å². The largest absolute Gasteiger partial charge is 0.372 e. The van der Waals surface area contributed by atoms with Crippen LogP contribution in [-0.2, 0) is 13.5 Å². The number of pyridine rings is 1. The summed E-state index contributed by atoms with van der Waals surface area (Å²) in [6.45, 7) is 4.14. The van der Waals surface area contributed by atoms with Gasteiger partial charge in [-0.2, -0.15) is 0 Å². The van der Waals surface area contributed by atoms with E-state index in [9.17, 15) is 4.79 Å². The van der Waals surface area contributed by atoms with Crippen LogP contribution in [0.3, 0.4) is 0 Å². The summed E-state index contributed by atoms with van der Waals surface area (Å²) in [5, 5.41) is 2.15. The summed E-state index contributed by atoms with van der Waals surface area (Å²) in [6, 6.07) is 16.4. The van der Waals surface area contributed by atoms with Crippen LogP contribution in [-0.4, -0.2) is 33.4 Å². The van der Waals surface area contributed by atoms with Crippen LogP contribution in [0.2, 0.25) is 0 Å². The molecule has 0 radical (unpaired) electrons. The van der Waals surface area contributed by atoms with Crippen LogP contribution in [0.1, 0.15) is 41.1 Å². The van der Waals surface area contributed by atoms with Crippen molar-refractivity contribution in [1.29, 1.82) is 0 Å². The van der Waals surface area contributed by atoms with Gasteiger partial charge in [0, 0.05) is 54.2 Å². The van der Waals surface area contributed by atoms with E-state index in [-0.39, 0.29) is 5.78 Å². The second-order valence-electron chi connectivity index (χ2n) is 8.69. The monoisotopic (exact) mass is 424 g/mol. The van der Waals surface area contributed by atoms with Crippen molar-refractivity contribution in [3.05, 3.63) is 78.0 Å². The highest BCUT2D eigenvalue weighted by Crippen LogP contribution is 2.26.